The molecular weight excluding hydrogens is 240 g/mol. The average Bonchev–Trinajstić information content (AvgIpc) is 2.40. The van der Waals surface area contributed by atoms with Gasteiger partial charge < -0.3 is 10.3 Å². The molecule has 0 bridgehead atoms. The molecule has 1 rings (SSSR count). The largest absolute Gasteiger partial charge is 0.355 e. The highest BCUT2D eigenvalue weighted by Crippen LogP contribution is 2.25. The summed E-state index contributed by atoms with van der Waals surface area (Å²) < 4.78 is 0. The third-order valence-corrected chi connectivity index (χ3v) is 2.97. The van der Waals surface area contributed by atoms with Crippen LogP contribution >= 0.6 is 0 Å². The van der Waals surface area contributed by atoms with Crippen molar-refractivity contribution >= 4 is 11.6 Å². The van der Waals surface area contributed by atoms with E-state index in [4.69, 9.17) is 11.1 Å². The molecule has 1 aromatic heterocycles. The summed E-state index contributed by atoms with van der Waals surface area (Å²) in [4.78, 5) is 11.1. The van der Waals surface area contributed by atoms with Gasteiger partial charge in [-0.05, 0) is 13.8 Å². The van der Waals surface area contributed by atoms with Crippen molar-refractivity contribution in [3.63, 3.8) is 0 Å². The van der Waals surface area contributed by atoms with Crippen LogP contribution in [0, 0.1) is 18.3 Å². The SMILES string of the molecule is CCN(CCC#N)c1nc(C(C)C)nc(NN)c1C. The zero-order valence-electron chi connectivity index (χ0n) is 12.1. The number of anilines is 2. The van der Waals surface area contributed by atoms with E-state index in [0.717, 1.165) is 23.8 Å². The van der Waals surface area contributed by atoms with Gasteiger partial charge in [0.25, 0.3) is 0 Å². The number of nitrogens with zero attached hydrogens (tertiary/aromatic N) is 4. The number of nitriles is 1. The van der Waals surface area contributed by atoms with Gasteiger partial charge in [0.15, 0.2) is 0 Å². The van der Waals surface area contributed by atoms with Crippen molar-refractivity contribution in [2.45, 2.75) is 40.0 Å². The van der Waals surface area contributed by atoms with Crippen LogP contribution in [0.15, 0.2) is 0 Å². The summed E-state index contributed by atoms with van der Waals surface area (Å²) in [6, 6.07) is 2.16. The zero-order chi connectivity index (χ0) is 14.4. The molecule has 0 radical (unpaired) electrons. The highest BCUT2D eigenvalue weighted by molar-refractivity contribution is 5.58. The van der Waals surface area contributed by atoms with Crippen LogP contribution in [-0.2, 0) is 0 Å². The number of nitrogen functional groups attached to an aromatic ring is 1. The second-order valence-corrected chi connectivity index (χ2v) is 4.67. The zero-order valence-corrected chi connectivity index (χ0v) is 12.1. The van der Waals surface area contributed by atoms with Gasteiger partial charge in [0.2, 0.25) is 0 Å². The molecule has 0 aromatic carbocycles. The van der Waals surface area contributed by atoms with E-state index in [1.807, 2.05) is 27.7 Å². The smallest absolute Gasteiger partial charge is 0.148 e. The Morgan fingerprint density at radius 3 is 2.58 bits per heavy atom. The topological polar surface area (TPSA) is 90.9 Å². The first-order valence-corrected chi connectivity index (χ1v) is 6.52. The van der Waals surface area contributed by atoms with Crippen molar-refractivity contribution in [2.24, 2.45) is 5.84 Å². The minimum absolute atomic E-state index is 0.223. The molecule has 6 nitrogen and oxygen atoms in total. The Morgan fingerprint density at radius 1 is 1.42 bits per heavy atom. The maximum atomic E-state index is 8.73. The molecule has 3 N–H and O–H groups in total. The number of hydrogen-bond acceptors (Lipinski definition) is 6. The van der Waals surface area contributed by atoms with Gasteiger partial charge in [-0.2, -0.15) is 5.26 Å². The van der Waals surface area contributed by atoms with E-state index in [1.54, 1.807) is 0 Å². The van der Waals surface area contributed by atoms with Crippen molar-refractivity contribution in [2.75, 3.05) is 23.4 Å². The van der Waals surface area contributed by atoms with Crippen molar-refractivity contribution in [1.82, 2.24) is 9.97 Å². The van der Waals surface area contributed by atoms with Gasteiger partial charge in [-0.15, -0.1) is 0 Å². The molecule has 0 aliphatic rings. The highest BCUT2D eigenvalue weighted by Gasteiger charge is 2.16. The first-order valence-electron chi connectivity index (χ1n) is 6.52. The molecule has 0 atom stereocenters. The molecule has 1 aromatic rings. The Balaban J connectivity index is 3.23. The minimum Gasteiger partial charge on any atom is -0.355 e. The number of rotatable bonds is 6. The summed E-state index contributed by atoms with van der Waals surface area (Å²) in [6.07, 6.45) is 0.472. The van der Waals surface area contributed by atoms with Gasteiger partial charge in [0.05, 0.1) is 12.5 Å². The molecular formula is C13H22N6. The van der Waals surface area contributed by atoms with E-state index < -0.39 is 0 Å². The van der Waals surface area contributed by atoms with Crippen LogP contribution in [0.1, 0.15) is 44.5 Å². The van der Waals surface area contributed by atoms with Gasteiger partial charge >= 0.3 is 0 Å². The molecule has 0 saturated heterocycles. The molecule has 0 fully saturated rings. The van der Waals surface area contributed by atoms with Crippen molar-refractivity contribution < 1.29 is 0 Å². The van der Waals surface area contributed by atoms with Crippen molar-refractivity contribution in [1.29, 1.82) is 5.26 Å². The van der Waals surface area contributed by atoms with Crippen LogP contribution in [0.4, 0.5) is 11.6 Å². The van der Waals surface area contributed by atoms with E-state index in [2.05, 4.69) is 26.4 Å². The predicted octanol–water partition coefficient (Wildman–Crippen LogP) is 1.93. The first-order chi connectivity index (χ1) is 9.04. The fourth-order valence-electron chi connectivity index (χ4n) is 1.83. The van der Waals surface area contributed by atoms with Crippen LogP contribution in [-0.4, -0.2) is 23.1 Å². The highest BCUT2D eigenvalue weighted by atomic mass is 15.3. The van der Waals surface area contributed by atoms with Crippen LogP contribution in [0.5, 0.6) is 0 Å². The number of nitrogens with one attached hydrogen (secondary N) is 1. The molecule has 0 aliphatic heterocycles. The maximum absolute atomic E-state index is 8.73. The standard InChI is InChI=1S/C13H22N6/c1-5-19(8-6-7-14)13-10(4)12(18-15)16-11(17-13)9(2)3/h9H,5-6,8,15H2,1-4H3,(H,16,17,18). The van der Waals surface area contributed by atoms with E-state index in [9.17, 15) is 0 Å². The van der Waals surface area contributed by atoms with Crippen LogP contribution in [0.2, 0.25) is 0 Å². The molecule has 0 spiro atoms. The molecule has 0 unspecified atom stereocenters. The second-order valence-electron chi connectivity index (χ2n) is 4.67. The van der Waals surface area contributed by atoms with Gasteiger partial charge in [-0.25, -0.2) is 15.8 Å². The Kier molecular flexibility index (Phi) is 5.52. The lowest BCUT2D eigenvalue weighted by Gasteiger charge is -2.24. The molecule has 0 aliphatic carbocycles. The van der Waals surface area contributed by atoms with Crippen molar-refractivity contribution in [3.8, 4) is 6.07 Å². The monoisotopic (exact) mass is 262 g/mol. The summed E-state index contributed by atoms with van der Waals surface area (Å²) in [7, 11) is 0. The first kappa shape index (κ1) is 15.2. The van der Waals surface area contributed by atoms with E-state index >= 15 is 0 Å². The fourth-order valence-corrected chi connectivity index (χ4v) is 1.83. The molecule has 0 saturated carbocycles. The molecule has 6 heteroatoms. The molecule has 0 amide bonds. The van der Waals surface area contributed by atoms with Gasteiger partial charge in [0.1, 0.15) is 17.5 Å². The summed E-state index contributed by atoms with van der Waals surface area (Å²) in [6.45, 7) is 9.52. The predicted molar refractivity (Wildman–Crippen MR) is 76.8 cm³/mol. The average molecular weight is 262 g/mol. The number of hydrogen-bond donors (Lipinski definition) is 2. The summed E-state index contributed by atoms with van der Waals surface area (Å²) in [5.41, 5.74) is 3.53. The van der Waals surface area contributed by atoms with Gasteiger partial charge in [-0.1, -0.05) is 13.8 Å². The summed E-state index contributed by atoms with van der Waals surface area (Å²) in [5, 5.41) is 8.73. The maximum Gasteiger partial charge on any atom is 0.148 e. The number of nitrogens with two attached hydrogens (primary N) is 1. The third kappa shape index (κ3) is 3.55. The van der Waals surface area contributed by atoms with E-state index in [-0.39, 0.29) is 5.92 Å². The lowest BCUT2D eigenvalue weighted by molar-refractivity contribution is 0.744. The lowest BCUT2D eigenvalue weighted by Crippen LogP contribution is -2.27. The Hall–Kier alpha value is -1.87. The quantitative estimate of drug-likeness (QED) is 0.601. The van der Waals surface area contributed by atoms with Crippen LogP contribution < -0.4 is 16.2 Å². The summed E-state index contributed by atoms with van der Waals surface area (Å²) in [5.74, 6) is 7.99. The van der Waals surface area contributed by atoms with Gasteiger partial charge in [0, 0.05) is 24.6 Å². The normalized spacial score (nSPS) is 10.4. The molecule has 19 heavy (non-hydrogen) atoms. The fraction of sp³-hybridized carbons (Fsp3) is 0.615. The Morgan fingerprint density at radius 2 is 2.11 bits per heavy atom. The Labute approximate surface area is 114 Å². The third-order valence-electron chi connectivity index (χ3n) is 2.97. The van der Waals surface area contributed by atoms with Crippen LogP contribution in [0.25, 0.3) is 0 Å². The van der Waals surface area contributed by atoms with Crippen molar-refractivity contribution in [3.05, 3.63) is 11.4 Å². The lowest BCUT2D eigenvalue weighted by atomic mass is 10.2. The van der Waals surface area contributed by atoms with Crippen LogP contribution in [0.3, 0.4) is 0 Å². The second kappa shape index (κ2) is 6.90. The number of aromatic nitrogens is 2. The number of hydrazine groups is 1. The van der Waals surface area contributed by atoms with E-state index in [0.29, 0.717) is 18.8 Å². The van der Waals surface area contributed by atoms with E-state index in [1.165, 1.54) is 0 Å². The van der Waals surface area contributed by atoms with Gasteiger partial charge in [-0.3, -0.25) is 0 Å². The Bertz CT molecular complexity index is 463. The molecule has 104 valence electrons. The minimum atomic E-state index is 0.223. The summed E-state index contributed by atoms with van der Waals surface area (Å²) >= 11 is 0. The molecule has 1 heterocycles.